The first-order valence-electron chi connectivity index (χ1n) is 5.57. The Kier molecular flexibility index (Phi) is 5.42. The molecular weight excluding hydrogens is 242 g/mol. The van der Waals surface area contributed by atoms with Gasteiger partial charge < -0.3 is 16.4 Å². The molecule has 0 aromatic carbocycles. The molecule has 1 fully saturated rings. The number of halogens is 1. The average molecular weight is 264 g/mol. The molecule has 17 heavy (non-hydrogen) atoms. The second-order valence-corrected chi connectivity index (χ2v) is 5.42. The van der Waals surface area contributed by atoms with Crippen molar-refractivity contribution in [1.29, 1.82) is 0 Å². The highest BCUT2D eigenvalue weighted by Crippen LogP contribution is 2.25. The van der Waals surface area contributed by atoms with Crippen LogP contribution in [0, 0.1) is 10.8 Å². The molecule has 1 aliphatic rings. The molecule has 5 nitrogen and oxygen atoms in total. The van der Waals surface area contributed by atoms with Gasteiger partial charge in [-0.25, -0.2) is 0 Å². The summed E-state index contributed by atoms with van der Waals surface area (Å²) in [5.41, 5.74) is 4.19. The first-order chi connectivity index (χ1) is 7.28. The summed E-state index contributed by atoms with van der Waals surface area (Å²) in [4.78, 5) is 23.0. The fourth-order valence-corrected chi connectivity index (χ4v) is 1.61. The number of carbonyl (C=O) groups excluding carboxylic acids is 2. The molecule has 0 radical (unpaired) electrons. The van der Waals surface area contributed by atoms with Crippen LogP contribution in [-0.2, 0) is 9.59 Å². The molecule has 1 heterocycles. The molecule has 1 saturated heterocycles. The molecule has 6 heteroatoms. The third kappa shape index (κ3) is 3.85. The van der Waals surface area contributed by atoms with Crippen molar-refractivity contribution in [3.05, 3.63) is 0 Å². The van der Waals surface area contributed by atoms with Crippen LogP contribution in [0.1, 0.15) is 27.2 Å². The SMILES string of the molecule is CC(C)(CNC(=O)C1(C)CCNC1)C(N)=O.Cl. The minimum Gasteiger partial charge on any atom is -0.369 e. The summed E-state index contributed by atoms with van der Waals surface area (Å²) in [6.07, 6.45) is 0.829. The summed E-state index contributed by atoms with van der Waals surface area (Å²) >= 11 is 0. The highest BCUT2D eigenvalue weighted by Gasteiger charge is 2.37. The van der Waals surface area contributed by atoms with Gasteiger partial charge >= 0.3 is 0 Å². The van der Waals surface area contributed by atoms with E-state index in [-0.39, 0.29) is 30.3 Å². The van der Waals surface area contributed by atoms with Crippen LogP contribution in [0.5, 0.6) is 0 Å². The van der Waals surface area contributed by atoms with Crippen molar-refractivity contribution in [2.24, 2.45) is 16.6 Å². The largest absolute Gasteiger partial charge is 0.369 e. The smallest absolute Gasteiger partial charge is 0.227 e. The van der Waals surface area contributed by atoms with E-state index in [9.17, 15) is 9.59 Å². The number of carbonyl (C=O) groups is 2. The molecule has 0 saturated carbocycles. The van der Waals surface area contributed by atoms with E-state index in [1.54, 1.807) is 13.8 Å². The van der Waals surface area contributed by atoms with E-state index in [0.29, 0.717) is 6.54 Å². The van der Waals surface area contributed by atoms with E-state index in [2.05, 4.69) is 10.6 Å². The standard InChI is InChI=1S/C11H21N3O2.ClH/c1-10(2,8(12)15)6-14-9(16)11(3)4-5-13-7-11;/h13H,4-7H2,1-3H3,(H2,12,15)(H,14,16);1H. The number of primary amides is 1. The molecule has 1 aliphatic heterocycles. The van der Waals surface area contributed by atoms with Crippen LogP contribution < -0.4 is 16.4 Å². The van der Waals surface area contributed by atoms with Crippen LogP contribution in [0.15, 0.2) is 0 Å². The van der Waals surface area contributed by atoms with Crippen molar-refractivity contribution in [1.82, 2.24) is 10.6 Å². The number of nitrogens with two attached hydrogens (primary N) is 1. The van der Waals surface area contributed by atoms with E-state index in [1.165, 1.54) is 0 Å². The van der Waals surface area contributed by atoms with Crippen molar-refractivity contribution >= 4 is 24.2 Å². The molecule has 0 aromatic rings. The molecular formula is C11H22ClN3O2. The number of hydrogen-bond acceptors (Lipinski definition) is 3. The van der Waals surface area contributed by atoms with Gasteiger partial charge in [0.2, 0.25) is 11.8 Å². The van der Waals surface area contributed by atoms with E-state index in [4.69, 9.17) is 5.73 Å². The molecule has 4 N–H and O–H groups in total. The molecule has 0 aromatic heterocycles. The molecule has 1 atom stereocenters. The van der Waals surface area contributed by atoms with Gasteiger partial charge in [-0.1, -0.05) is 0 Å². The molecule has 0 spiro atoms. The summed E-state index contributed by atoms with van der Waals surface area (Å²) in [6, 6.07) is 0. The van der Waals surface area contributed by atoms with Crippen molar-refractivity contribution in [3.63, 3.8) is 0 Å². The first kappa shape index (κ1) is 16.2. The maximum atomic E-state index is 11.9. The monoisotopic (exact) mass is 263 g/mol. The number of hydrogen-bond donors (Lipinski definition) is 3. The molecule has 2 amide bonds. The first-order valence-corrected chi connectivity index (χ1v) is 5.57. The third-order valence-electron chi connectivity index (χ3n) is 3.27. The lowest BCUT2D eigenvalue weighted by Gasteiger charge is -2.26. The Morgan fingerprint density at radius 3 is 2.47 bits per heavy atom. The van der Waals surface area contributed by atoms with Gasteiger partial charge in [0.15, 0.2) is 0 Å². The van der Waals surface area contributed by atoms with Gasteiger partial charge in [-0.3, -0.25) is 9.59 Å². The zero-order valence-corrected chi connectivity index (χ0v) is 11.4. The van der Waals surface area contributed by atoms with Crippen molar-refractivity contribution in [2.75, 3.05) is 19.6 Å². The predicted molar refractivity (Wildman–Crippen MR) is 68.8 cm³/mol. The molecule has 0 bridgehead atoms. The topological polar surface area (TPSA) is 84.2 Å². The fraction of sp³-hybridized carbons (Fsp3) is 0.818. The van der Waals surface area contributed by atoms with Crippen LogP contribution in [-0.4, -0.2) is 31.4 Å². The predicted octanol–water partition coefficient (Wildman–Crippen LogP) is 0.0355. The Hall–Kier alpha value is -0.810. The number of rotatable bonds is 4. The van der Waals surface area contributed by atoms with E-state index in [1.807, 2.05) is 6.92 Å². The van der Waals surface area contributed by atoms with Crippen LogP contribution in [0.25, 0.3) is 0 Å². The fourth-order valence-electron chi connectivity index (χ4n) is 1.61. The van der Waals surface area contributed by atoms with Crippen LogP contribution in [0.2, 0.25) is 0 Å². The van der Waals surface area contributed by atoms with E-state index in [0.717, 1.165) is 13.0 Å². The summed E-state index contributed by atoms with van der Waals surface area (Å²) < 4.78 is 0. The Balaban J connectivity index is 0.00000256. The molecule has 1 unspecified atom stereocenters. The molecule has 100 valence electrons. The molecule has 0 aliphatic carbocycles. The van der Waals surface area contributed by atoms with Gasteiger partial charge in [-0.15, -0.1) is 12.4 Å². The lowest BCUT2D eigenvalue weighted by molar-refractivity contribution is -0.131. The van der Waals surface area contributed by atoms with Crippen molar-refractivity contribution in [2.45, 2.75) is 27.2 Å². The minimum absolute atomic E-state index is 0. The van der Waals surface area contributed by atoms with Gasteiger partial charge in [0.25, 0.3) is 0 Å². The number of amides is 2. The van der Waals surface area contributed by atoms with Crippen molar-refractivity contribution in [3.8, 4) is 0 Å². The number of nitrogens with one attached hydrogen (secondary N) is 2. The van der Waals surface area contributed by atoms with Crippen LogP contribution >= 0.6 is 12.4 Å². The van der Waals surface area contributed by atoms with Gasteiger partial charge in [-0.05, 0) is 33.7 Å². The Bertz CT molecular complexity index is 299. The second-order valence-electron chi connectivity index (χ2n) is 5.42. The van der Waals surface area contributed by atoms with Gasteiger partial charge in [0, 0.05) is 13.1 Å². The normalized spacial score (nSPS) is 23.9. The summed E-state index contributed by atoms with van der Waals surface area (Å²) in [5, 5.41) is 5.97. The minimum atomic E-state index is -0.696. The Morgan fingerprint density at radius 1 is 1.47 bits per heavy atom. The van der Waals surface area contributed by atoms with E-state index < -0.39 is 11.3 Å². The molecule has 1 rings (SSSR count). The quantitative estimate of drug-likeness (QED) is 0.669. The summed E-state index contributed by atoms with van der Waals surface area (Å²) in [6.45, 7) is 7.23. The zero-order chi connectivity index (χ0) is 12.4. The third-order valence-corrected chi connectivity index (χ3v) is 3.27. The Labute approximate surface area is 108 Å². The second kappa shape index (κ2) is 5.69. The zero-order valence-electron chi connectivity index (χ0n) is 10.6. The maximum Gasteiger partial charge on any atom is 0.227 e. The average Bonchev–Trinajstić information content (AvgIpc) is 2.62. The van der Waals surface area contributed by atoms with Gasteiger partial charge in [0.1, 0.15) is 0 Å². The summed E-state index contributed by atoms with van der Waals surface area (Å²) in [7, 11) is 0. The maximum absolute atomic E-state index is 11.9. The highest BCUT2D eigenvalue weighted by atomic mass is 35.5. The van der Waals surface area contributed by atoms with Gasteiger partial charge in [0.05, 0.1) is 10.8 Å². The van der Waals surface area contributed by atoms with E-state index >= 15 is 0 Å². The van der Waals surface area contributed by atoms with Crippen LogP contribution in [0.4, 0.5) is 0 Å². The lowest BCUT2D eigenvalue weighted by atomic mass is 9.87. The van der Waals surface area contributed by atoms with Gasteiger partial charge in [-0.2, -0.15) is 0 Å². The Morgan fingerprint density at radius 2 is 2.06 bits per heavy atom. The lowest BCUT2D eigenvalue weighted by Crippen LogP contribution is -2.47. The highest BCUT2D eigenvalue weighted by molar-refractivity contribution is 5.85. The van der Waals surface area contributed by atoms with Crippen molar-refractivity contribution < 1.29 is 9.59 Å². The van der Waals surface area contributed by atoms with Crippen LogP contribution in [0.3, 0.4) is 0 Å². The summed E-state index contributed by atoms with van der Waals surface area (Å²) in [5.74, 6) is -0.408.